The highest BCUT2D eigenvalue weighted by Crippen LogP contribution is 2.25. The number of aromatic nitrogens is 2. The highest BCUT2D eigenvalue weighted by Gasteiger charge is 2.26. The Hall–Kier alpha value is -2.62. The fourth-order valence-electron chi connectivity index (χ4n) is 3.18. The minimum Gasteiger partial charge on any atom is -0.411 e. The van der Waals surface area contributed by atoms with Crippen LogP contribution >= 0.6 is 35.0 Å². The molecule has 2 aromatic carbocycles. The molecule has 4 rings (SSSR count). The van der Waals surface area contributed by atoms with Crippen LogP contribution in [-0.4, -0.2) is 63.7 Å². The Morgan fingerprint density at radius 2 is 1.69 bits per heavy atom. The van der Waals surface area contributed by atoms with Crippen LogP contribution < -0.4 is 0 Å². The monoisotopic (exact) mass is 494 g/mol. The smallest absolute Gasteiger partial charge is 0.277 e. The quantitative estimate of drug-likeness (QED) is 0.493. The second kappa shape index (κ2) is 9.89. The van der Waals surface area contributed by atoms with Crippen LogP contribution in [0.15, 0.2) is 52.1 Å². The topological polar surface area (TPSA) is 79.5 Å². The summed E-state index contributed by atoms with van der Waals surface area (Å²) in [6.07, 6.45) is 0. The van der Waals surface area contributed by atoms with Crippen LogP contribution in [-0.2, 0) is 4.79 Å². The fourth-order valence-corrected chi connectivity index (χ4v) is 4.22. The standard InChI is InChI=1S/C21H17Cl2FN4O3S/c22-14-3-1-13(2-4-14)19-25-26-21(31-19)32-12-18(29)27-7-9-28(10-8-27)20(30)16-6-5-15(24)11-17(16)23/h1-6,11H,7-10,12H2. The molecule has 0 saturated carbocycles. The molecule has 0 radical (unpaired) electrons. The first kappa shape index (κ1) is 22.6. The molecule has 0 atom stereocenters. The van der Waals surface area contributed by atoms with Gasteiger partial charge in [0.1, 0.15) is 5.82 Å². The van der Waals surface area contributed by atoms with E-state index >= 15 is 0 Å². The Labute approximate surface area is 197 Å². The maximum absolute atomic E-state index is 13.2. The number of hydrogen-bond donors (Lipinski definition) is 0. The number of nitrogens with zero attached hydrogens (tertiary/aromatic N) is 4. The minimum absolute atomic E-state index is 0.0717. The van der Waals surface area contributed by atoms with Gasteiger partial charge < -0.3 is 14.2 Å². The van der Waals surface area contributed by atoms with Crippen molar-refractivity contribution in [1.82, 2.24) is 20.0 Å². The fraction of sp³-hybridized carbons (Fsp3) is 0.238. The molecule has 1 aliphatic heterocycles. The lowest BCUT2D eigenvalue weighted by molar-refractivity contribution is -0.129. The molecule has 7 nitrogen and oxygen atoms in total. The third-order valence-corrected chi connectivity index (χ3v) is 6.27. The number of halogens is 3. The Morgan fingerprint density at radius 1 is 1.00 bits per heavy atom. The molecule has 166 valence electrons. The molecule has 0 unspecified atom stereocenters. The van der Waals surface area contributed by atoms with Gasteiger partial charge >= 0.3 is 0 Å². The zero-order chi connectivity index (χ0) is 22.7. The summed E-state index contributed by atoms with van der Waals surface area (Å²) >= 11 is 13.0. The van der Waals surface area contributed by atoms with Crippen molar-refractivity contribution in [3.8, 4) is 11.5 Å². The van der Waals surface area contributed by atoms with E-state index in [1.807, 2.05) is 0 Å². The molecule has 1 fully saturated rings. The lowest BCUT2D eigenvalue weighted by Crippen LogP contribution is -2.51. The summed E-state index contributed by atoms with van der Waals surface area (Å²) in [6.45, 7) is 1.52. The van der Waals surface area contributed by atoms with Gasteiger partial charge in [-0.1, -0.05) is 35.0 Å². The first-order valence-corrected chi connectivity index (χ1v) is 11.4. The summed E-state index contributed by atoms with van der Waals surface area (Å²) in [7, 11) is 0. The van der Waals surface area contributed by atoms with Crippen LogP contribution in [0.5, 0.6) is 0 Å². The second-order valence-electron chi connectivity index (χ2n) is 6.97. The van der Waals surface area contributed by atoms with Gasteiger partial charge in [0.25, 0.3) is 11.1 Å². The van der Waals surface area contributed by atoms with Gasteiger partial charge in [-0.15, -0.1) is 10.2 Å². The van der Waals surface area contributed by atoms with Crippen molar-refractivity contribution in [2.24, 2.45) is 0 Å². The number of carbonyl (C=O) groups is 2. The first-order chi connectivity index (χ1) is 15.4. The SMILES string of the molecule is O=C(CSc1nnc(-c2ccc(Cl)cc2)o1)N1CCN(C(=O)c2ccc(F)cc2Cl)CC1. The highest BCUT2D eigenvalue weighted by atomic mass is 35.5. The molecule has 11 heteroatoms. The molecule has 2 amide bonds. The zero-order valence-corrected chi connectivity index (χ0v) is 19.0. The number of hydrogen-bond acceptors (Lipinski definition) is 6. The summed E-state index contributed by atoms with van der Waals surface area (Å²) in [4.78, 5) is 28.5. The number of rotatable bonds is 5. The van der Waals surface area contributed by atoms with Crippen molar-refractivity contribution in [2.75, 3.05) is 31.9 Å². The average Bonchev–Trinajstić information content (AvgIpc) is 3.27. The molecule has 0 aliphatic carbocycles. The summed E-state index contributed by atoms with van der Waals surface area (Å²) in [6, 6.07) is 10.7. The third-order valence-electron chi connectivity index (χ3n) is 4.90. The molecular formula is C21H17Cl2FN4O3S. The van der Waals surface area contributed by atoms with E-state index in [4.69, 9.17) is 27.6 Å². The van der Waals surface area contributed by atoms with Crippen molar-refractivity contribution in [3.05, 3.63) is 63.9 Å². The van der Waals surface area contributed by atoms with E-state index in [9.17, 15) is 14.0 Å². The van der Waals surface area contributed by atoms with Crippen LogP contribution in [0.1, 0.15) is 10.4 Å². The van der Waals surface area contributed by atoms with Crippen molar-refractivity contribution in [1.29, 1.82) is 0 Å². The molecule has 1 aliphatic rings. The van der Waals surface area contributed by atoms with Crippen LogP contribution in [0.25, 0.3) is 11.5 Å². The van der Waals surface area contributed by atoms with E-state index in [-0.39, 0.29) is 28.2 Å². The van der Waals surface area contributed by atoms with Crippen molar-refractivity contribution in [3.63, 3.8) is 0 Å². The minimum atomic E-state index is -0.499. The highest BCUT2D eigenvalue weighted by molar-refractivity contribution is 7.99. The summed E-state index contributed by atoms with van der Waals surface area (Å²) in [5, 5.41) is 8.93. The van der Waals surface area contributed by atoms with Crippen LogP contribution in [0.2, 0.25) is 10.0 Å². The van der Waals surface area contributed by atoms with Gasteiger partial charge in [0.15, 0.2) is 0 Å². The number of carbonyl (C=O) groups excluding carboxylic acids is 2. The van der Waals surface area contributed by atoms with Gasteiger partial charge in [0, 0.05) is 36.8 Å². The predicted octanol–water partition coefficient (Wildman–Crippen LogP) is 4.26. The van der Waals surface area contributed by atoms with Gasteiger partial charge in [0.05, 0.1) is 16.3 Å². The molecule has 3 aromatic rings. The van der Waals surface area contributed by atoms with Crippen LogP contribution in [0.3, 0.4) is 0 Å². The van der Waals surface area contributed by atoms with Gasteiger partial charge in [-0.3, -0.25) is 9.59 Å². The average molecular weight is 495 g/mol. The van der Waals surface area contributed by atoms with Crippen molar-refractivity contribution < 1.29 is 18.4 Å². The Kier molecular flexibility index (Phi) is 6.98. The summed E-state index contributed by atoms with van der Waals surface area (Å²) in [5.74, 6) is -0.380. The molecule has 0 spiro atoms. The molecule has 1 aromatic heterocycles. The molecule has 0 N–H and O–H groups in total. The maximum Gasteiger partial charge on any atom is 0.277 e. The zero-order valence-electron chi connectivity index (χ0n) is 16.6. The predicted molar refractivity (Wildman–Crippen MR) is 119 cm³/mol. The molecular weight excluding hydrogens is 478 g/mol. The van der Waals surface area contributed by atoms with Crippen LogP contribution in [0, 0.1) is 5.82 Å². The van der Waals surface area contributed by atoms with Crippen molar-refractivity contribution in [2.45, 2.75) is 5.22 Å². The van der Waals surface area contributed by atoms with Gasteiger partial charge in [-0.05, 0) is 42.5 Å². The first-order valence-electron chi connectivity index (χ1n) is 9.65. The van der Waals surface area contributed by atoms with Crippen LogP contribution in [0.4, 0.5) is 4.39 Å². The second-order valence-corrected chi connectivity index (χ2v) is 8.74. The summed E-state index contributed by atoms with van der Waals surface area (Å²) < 4.78 is 18.8. The third kappa shape index (κ3) is 5.23. The largest absolute Gasteiger partial charge is 0.411 e. The van der Waals surface area contributed by atoms with E-state index < -0.39 is 5.82 Å². The van der Waals surface area contributed by atoms with E-state index in [1.54, 1.807) is 34.1 Å². The number of piperazine rings is 1. The van der Waals surface area contributed by atoms with E-state index in [0.717, 1.165) is 23.4 Å². The molecule has 2 heterocycles. The molecule has 1 saturated heterocycles. The number of benzene rings is 2. The van der Waals surface area contributed by atoms with E-state index in [1.165, 1.54) is 12.1 Å². The molecule has 32 heavy (non-hydrogen) atoms. The van der Waals surface area contributed by atoms with Gasteiger partial charge in [0.2, 0.25) is 11.8 Å². The maximum atomic E-state index is 13.2. The van der Waals surface area contributed by atoms with Gasteiger partial charge in [-0.2, -0.15) is 0 Å². The van der Waals surface area contributed by atoms with Gasteiger partial charge in [-0.25, -0.2) is 4.39 Å². The lowest BCUT2D eigenvalue weighted by atomic mass is 10.1. The van der Waals surface area contributed by atoms with E-state index in [2.05, 4.69) is 10.2 Å². The van der Waals surface area contributed by atoms with E-state index in [0.29, 0.717) is 42.3 Å². The Balaban J connectivity index is 1.28. The molecule has 0 bridgehead atoms. The van der Waals surface area contributed by atoms with Crippen molar-refractivity contribution >= 4 is 46.8 Å². The lowest BCUT2D eigenvalue weighted by Gasteiger charge is -2.34. The number of thioether (sulfide) groups is 1. The number of amides is 2. The Bertz CT molecular complexity index is 1130. The normalized spacial score (nSPS) is 14.0. The Morgan fingerprint density at radius 3 is 2.38 bits per heavy atom. The summed E-state index contributed by atoms with van der Waals surface area (Å²) in [5.41, 5.74) is 0.985.